The van der Waals surface area contributed by atoms with Gasteiger partial charge in [-0.25, -0.2) is 0 Å². The van der Waals surface area contributed by atoms with E-state index in [2.05, 4.69) is 10.4 Å². The van der Waals surface area contributed by atoms with Crippen molar-refractivity contribution < 1.29 is 5.11 Å². The highest BCUT2D eigenvalue weighted by Gasteiger charge is 1.95. The van der Waals surface area contributed by atoms with E-state index in [1.807, 2.05) is 17.8 Å². The first-order valence-corrected chi connectivity index (χ1v) is 3.63. The Morgan fingerprint density at radius 2 is 2.55 bits per heavy atom. The van der Waals surface area contributed by atoms with Crippen molar-refractivity contribution in [1.82, 2.24) is 15.1 Å². The van der Waals surface area contributed by atoms with Gasteiger partial charge in [0.15, 0.2) is 0 Å². The topological polar surface area (TPSA) is 50.1 Å². The number of hydrogen-bond donors (Lipinski definition) is 2. The minimum absolute atomic E-state index is 0.178. The first kappa shape index (κ1) is 8.23. The Morgan fingerprint density at radius 1 is 1.73 bits per heavy atom. The summed E-state index contributed by atoms with van der Waals surface area (Å²) in [7, 11) is 1.90. The maximum Gasteiger partial charge on any atom is 0.0556 e. The lowest BCUT2D eigenvalue weighted by molar-refractivity contribution is 0.291. The molecule has 1 aromatic heterocycles. The number of aryl methyl sites for hydroxylation is 1. The molecule has 62 valence electrons. The van der Waals surface area contributed by atoms with Gasteiger partial charge in [-0.2, -0.15) is 5.10 Å². The molecule has 0 fully saturated rings. The average molecular weight is 155 g/mol. The minimum atomic E-state index is 0.178. The van der Waals surface area contributed by atoms with E-state index < -0.39 is 0 Å². The van der Waals surface area contributed by atoms with Gasteiger partial charge in [0, 0.05) is 26.3 Å². The van der Waals surface area contributed by atoms with Crippen LogP contribution in [-0.2, 0) is 13.6 Å². The second kappa shape index (κ2) is 4.10. The van der Waals surface area contributed by atoms with E-state index in [4.69, 9.17) is 5.11 Å². The number of aliphatic hydroxyl groups is 1. The van der Waals surface area contributed by atoms with Gasteiger partial charge in [0.05, 0.1) is 12.3 Å². The summed E-state index contributed by atoms with van der Waals surface area (Å²) in [4.78, 5) is 0. The van der Waals surface area contributed by atoms with Crippen LogP contribution in [0.1, 0.15) is 5.69 Å². The molecule has 0 saturated carbocycles. The fraction of sp³-hybridized carbons (Fsp3) is 0.571. The molecule has 0 aliphatic carbocycles. The molecule has 1 heterocycles. The third-order valence-corrected chi connectivity index (χ3v) is 1.52. The highest BCUT2D eigenvalue weighted by Crippen LogP contribution is 1.93. The van der Waals surface area contributed by atoms with E-state index in [1.54, 1.807) is 6.20 Å². The average Bonchev–Trinajstić information content (AvgIpc) is 2.37. The number of nitrogens with zero attached hydrogens (tertiary/aromatic N) is 2. The van der Waals surface area contributed by atoms with Crippen LogP contribution >= 0.6 is 0 Å². The zero-order valence-electron chi connectivity index (χ0n) is 6.62. The van der Waals surface area contributed by atoms with Crippen LogP contribution in [0.15, 0.2) is 12.3 Å². The maximum atomic E-state index is 8.48. The first-order chi connectivity index (χ1) is 5.34. The Hall–Kier alpha value is -0.870. The van der Waals surface area contributed by atoms with Crippen LogP contribution in [0.5, 0.6) is 0 Å². The molecule has 0 aromatic carbocycles. The zero-order chi connectivity index (χ0) is 8.10. The van der Waals surface area contributed by atoms with Crippen molar-refractivity contribution in [3.05, 3.63) is 18.0 Å². The highest BCUT2D eigenvalue weighted by atomic mass is 16.3. The quantitative estimate of drug-likeness (QED) is 0.576. The van der Waals surface area contributed by atoms with Crippen LogP contribution in [0.2, 0.25) is 0 Å². The van der Waals surface area contributed by atoms with Crippen molar-refractivity contribution in [2.24, 2.45) is 7.05 Å². The molecule has 4 nitrogen and oxygen atoms in total. The van der Waals surface area contributed by atoms with E-state index in [9.17, 15) is 0 Å². The molecule has 0 unspecified atom stereocenters. The lowest BCUT2D eigenvalue weighted by atomic mass is 10.4. The van der Waals surface area contributed by atoms with Crippen LogP contribution in [0.3, 0.4) is 0 Å². The summed E-state index contributed by atoms with van der Waals surface area (Å²) in [5.74, 6) is 0. The third-order valence-electron chi connectivity index (χ3n) is 1.52. The molecular formula is C7H13N3O. The monoisotopic (exact) mass is 155 g/mol. The van der Waals surface area contributed by atoms with Gasteiger partial charge in [-0.15, -0.1) is 0 Å². The van der Waals surface area contributed by atoms with Gasteiger partial charge in [0.1, 0.15) is 0 Å². The first-order valence-electron chi connectivity index (χ1n) is 3.63. The van der Waals surface area contributed by atoms with Gasteiger partial charge in [0.2, 0.25) is 0 Å². The van der Waals surface area contributed by atoms with Crippen molar-refractivity contribution in [2.75, 3.05) is 13.2 Å². The van der Waals surface area contributed by atoms with Gasteiger partial charge >= 0.3 is 0 Å². The second-order valence-electron chi connectivity index (χ2n) is 2.35. The lowest BCUT2D eigenvalue weighted by Crippen LogP contribution is -2.19. The van der Waals surface area contributed by atoms with E-state index >= 15 is 0 Å². The summed E-state index contributed by atoms with van der Waals surface area (Å²) in [5, 5.41) is 15.6. The maximum absolute atomic E-state index is 8.48. The lowest BCUT2D eigenvalue weighted by Gasteiger charge is -2.01. The van der Waals surface area contributed by atoms with Crippen molar-refractivity contribution in [2.45, 2.75) is 6.54 Å². The highest BCUT2D eigenvalue weighted by molar-refractivity contribution is 4.98. The van der Waals surface area contributed by atoms with Crippen LogP contribution < -0.4 is 5.32 Å². The molecule has 0 aliphatic rings. The SMILES string of the molecule is Cn1nccc1CNCCO. The largest absolute Gasteiger partial charge is 0.395 e. The van der Waals surface area contributed by atoms with Crippen LogP contribution in [0.4, 0.5) is 0 Å². The van der Waals surface area contributed by atoms with Crippen molar-refractivity contribution in [3.8, 4) is 0 Å². The fourth-order valence-corrected chi connectivity index (χ4v) is 0.870. The van der Waals surface area contributed by atoms with E-state index in [1.165, 1.54) is 0 Å². The van der Waals surface area contributed by atoms with Crippen LogP contribution in [-0.4, -0.2) is 28.0 Å². The normalized spacial score (nSPS) is 10.4. The summed E-state index contributed by atoms with van der Waals surface area (Å²) >= 11 is 0. The van der Waals surface area contributed by atoms with E-state index in [-0.39, 0.29) is 6.61 Å². The molecule has 0 atom stereocenters. The molecule has 11 heavy (non-hydrogen) atoms. The third kappa shape index (κ3) is 2.32. The molecule has 1 aromatic rings. The molecular weight excluding hydrogens is 142 g/mol. The van der Waals surface area contributed by atoms with Gasteiger partial charge in [-0.3, -0.25) is 4.68 Å². The van der Waals surface area contributed by atoms with Crippen LogP contribution in [0.25, 0.3) is 0 Å². The number of nitrogens with one attached hydrogen (secondary N) is 1. The summed E-state index contributed by atoms with van der Waals surface area (Å²) in [5.41, 5.74) is 1.12. The van der Waals surface area contributed by atoms with Gasteiger partial charge < -0.3 is 10.4 Å². The summed E-state index contributed by atoms with van der Waals surface area (Å²) in [6.45, 7) is 1.57. The minimum Gasteiger partial charge on any atom is -0.395 e. The van der Waals surface area contributed by atoms with Crippen molar-refractivity contribution in [1.29, 1.82) is 0 Å². The molecule has 2 N–H and O–H groups in total. The van der Waals surface area contributed by atoms with Crippen molar-refractivity contribution in [3.63, 3.8) is 0 Å². The Labute approximate surface area is 65.8 Å². The Kier molecular flexibility index (Phi) is 3.07. The van der Waals surface area contributed by atoms with Gasteiger partial charge in [-0.05, 0) is 6.07 Å². The molecule has 4 heteroatoms. The second-order valence-corrected chi connectivity index (χ2v) is 2.35. The fourth-order valence-electron chi connectivity index (χ4n) is 0.870. The van der Waals surface area contributed by atoms with E-state index in [0.29, 0.717) is 6.54 Å². The number of hydrogen-bond acceptors (Lipinski definition) is 3. The number of aliphatic hydroxyl groups excluding tert-OH is 1. The molecule has 0 radical (unpaired) electrons. The molecule has 1 rings (SSSR count). The summed E-state index contributed by atoms with van der Waals surface area (Å²) in [6.07, 6.45) is 1.76. The Bertz CT molecular complexity index is 209. The van der Waals surface area contributed by atoms with Crippen LogP contribution in [0, 0.1) is 0 Å². The summed E-state index contributed by atoms with van der Waals surface area (Å²) in [6, 6.07) is 1.95. The Balaban J connectivity index is 2.32. The standard InChI is InChI=1S/C7H13N3O/c1-10-7(2-3-9-10)6-8-4-5-11/h2-3,8,11H,4-6H2,1H3. The predicted octanol–water partition coefficient (Wildman–Crippen LogP) is -0.498. The smallest absolute Gasteiger partial charge is 0.0556 e. The molecule has 0 saturated heterocycles. The number of aromatic nitrogens is 2. The van der Waals surface area contributed by atoms with Gasteiger partial charge in [-0.1, -0.05) is 0 Å². The Morgan fingerprint density at radius 3 is 3.09 bits per heavy atom. The molecule has 0 bridgehead atoms. The van der Waals surface area contributed by atoms with Gasteiger partial charge in [0.25, 0.3) is 0 Å². The summed E-state index contributed by atoms with van der Waals surface area (Å²) < 4.78 is 1.81. The predicted molar refractivity (Wildman–Crippen MR) is 42.0 cm³/mol. The number of rotatable bonds is 4. The molecule has 0 spiro atoms. The van der Waals surface area contributed by atoms with Crippen molar-refractivity contribution >= 4 is 0 Å². The molecule has 0 amide bonds. The molecule has 0 aliphatic heterocycles. The van der Waals surface area contributed by atoms with E-state index in [0.717, 1.165) is 12.2 Å². The zero-order valence-corrected chi connectivity index (χ0v) is 6.62.